The van der Waals surface area contributed by atoms with E-state index < -0.39 is 0 Å². The Morgan fingerprint density at radius 1 is 1.36 bits per heavy atom. The van der Waals surface area contributed by atoms with Crippen LogP contribution in [0.5, 0.6) is 0 Å². The number of hydrogen-bond donors (Lipinski definition) is 0. The van der Waals surface area contributed by atoms with E-state index >= 15 is 0 Å². The van der Waals surface area contributed by atoms with Gasteiger partial charge in [0.15, 0.2) is 0 Å². The number of nitrogens with zero attached hydrogens (tertiary/aromatic N) is 1. The van der Waals surface area contributed by atoms with E-state index in [0.29, 0.717) is 0 Å². The standard InChI is InChI=1S/C9H12ClN/c1-6-4-7(2)11-9(5-6)8(3)10/h4-5,8H,1-3H3. The van der Waals surface area contributed by atoms with Crippen LogP contribution in [0, 0.1) is 13.8 Å². The molecule has 1 atom stereocenters. The van der Waals surface area contributed by atoms with E-state index in [0.717, 1.165) is 11.4 Å². The monoisotopic (exact) mass is 169 g/mol. The summed E-state index contributed by atoms with van der Waals surface area (Å²) < 4.78 is 0. The highest BCUT2D eigenvalue weighted by Crippen LogP contribution is 2.18. The number of rotatable bonds is 1. The second-order valence-corrected chi connectivity index (χ2v) is 3.48. The average Bonchev–Trinajstić information content (AvgIpc) is 1.85. The van der Waals surface area contributed by atoms with E-state index in [9.17, 15) is 0 Å². The van der Waals surface area contributed by atoms with E-state index in [1.807, 2.05) is 26.0 Å². The first kappa shape index (κ1) is 8.54. The molecule has 1 nitrogen and oxygen atoms in total. The van der Waals surface area contributed by atoms with Gasteiger partial charge in [-0.05, 0) is 38.5 Å². The molecule has 0 aromatic carbocycles. The van der Waals surface area contributed by atoms with Crippen molar-refractivity contribution in [2.24, 2.45) is 0 Å². The van der Waals surface area contributed by atoms with Crippen LogP contribution in [-0.2, 0) is 0 Å². The largest absolute Gasteiger partial charge is 0.257 e. The molecule has 0 saturated carbocycles. The average molecular weight is 170 g/mol. The van der Waals surface area contributed by atoms with Crippen LogP contribution in [0.1, 0.15) is 29.3 Å². The molecule has 0 amide bonds. The third-order valence-corrected chi connectivity index (χ3v) is 1.75. The van der Waals surface area contributed by atoms with Crippen molar-refractivity contribution in [2.45, 2.75) is 26.1 Å². The Morgan fingerprint density at radius 3 is 2.45 bits per heavy atom. The maximum absolute atomic E-state index is 5.88. The highest BCUT2D eigenvalue weighted by Gasteiger charge is 2.02. The van der Waals surface area contributed by atoms with Crippen molar-refractivity contribution in [1.29, 1.82) is 0 Å². The number of aryl methyl sites for hydroxylation is 2. The van der Waals surface area contributed by atoms with Gasteiger partial charge in [-0.3, -0.25) is 4.98 Å². The molecule has 0 saturated heterocycles. The predicted octanol–water partition coefficient (Wildman–Crippen LogP) is 3.00. The van der Waals surface area contributed by atoms with Gasteiger partial charge in [0.1, 0.15) is 0 Å². The van der Waals surface area contributed by atoms with Gasteiger partial charge in [-0.1, -0.05) is 0 Å². The molecule has 0 aliphatic rings. The number of hydrogen-bond acceptors (Lipinski definition) is 1. The zero-order chi connectivity index (χ0) is 8.43. The van der Waals surface area contributed by atoms with Gasteiger partial charge in [0.2, 0.25) is 0 Å². The van der Waals surface area contributed by atoms with Crippen molar-refractivity contribution in [3.8, 4) is 0 Å². The van der Waals surface area contributed by atoms with Crippen LogP contribution in [-0.4, -0.2) is 4.98 Å². The Labute approximate surface area is 72.4 Å². The normalized spacial score (nSPS) is 13.1. The molecule has 0 N–H and O–H groups in total. The molecule has 1 aromatic rings. The van der Waals surface area contributed by atoms with Gasteiger partial charge in [-0.2, -0.15) is 0 Å². The van der Waals surface area contributed by atoms with Gasteiger partial charge < -0.3 is 0 Å². The summed E-state index contributed by atoms with van der Waals surface area (Å²) in [5.41, 5.74) is 3.22. The Bertz CT molecular complexity index is 235. The Hall–Kier alpha value is -0.560. The summed E-state index contributed by atoms with van der Waals surface area (Å²) in [7, 11) is 0. The van der Waals surface area contributed by atoms with Crippen molar-refractivity contribution in [1.82, 2.24) is 4.98 Å². The van der Waals surface area contributed by atoms with Crippen LogP contribution in [0.4, 0.5) is 0 Å². The van der Waals surface area contributed by atoms with Crippen LogP contribution in [0.3, 0.4) is 0 Å². The van der Waals surface area contributed by atoms with Crippen molar-refractivity contribution < 1.29 is 0 Å². The first-order chi connectivity index (χ1) is 5.09. The lowest BCUT2D eigenvalue weighted by atomic mass is 10.2. The molecule has 60 valence electrons. The number of halogens is 1. The third-order valence-electron chi connectivity index (χ3n) is 1.53. The molecular formula is C9H12ClN. The van der Waals surface area contributed by atoms with E-state index in [4.69, 9.17) is 11.6 Å². The van der Waals surface area contributed by atoms with E-state index in [1.165, 1.54) is 5.56 Å². The zero-order valence-electron chi connectivity index (χ0n) is 7.06. The number of aromatic nitrogens is 1. The smallest absolute Gasteiger partial charge is 0.0729 e. The molecule has 0 bridgehead atoms. The van der Waals surface area contributed by atoms with Crippen LogP contribution in [0.2, 0.25) is 0 Å². The SMILES string of the molecule is Cc1cc(C)nc(C(C)Cl)c1. The lowest BCUT2D eigenvalue weighted by Gasteiger charge is -2.04. The van der Waals surface area contributed by atoms with Gasteiger partial charge in [0.05, 0.1) is 11.1 Å². The highest BCUT2D eigenvalue weighted by molar-refractivity contribution is 6.20. The Balaban J connectivity index is 3.08. The van der Waals surface area contributed by atoms with E-state index in [2.05, 4.69) is 11.9 Å². The zero-order valence-corrected chi connectivity index (χ0v) is 7.81. The molecular weight excluding hydrogens is 158 g/mol. The fourth-order valence-electron chi connectivity index (χ4n) is 1.08. The van der Waals surface area contributed by atoms with Crippen LogP contribution in [0.15, 0.2) is 12.1 Å². The molecule has 1 aromatic heterocycles. The topological polar surface area (TPSA) is 12.9 Å². The van der Waals surface area contributed by atoms with E-state index in [1.54, 1.807) is 0 Å². The summed E-state index contributed by atoms with van der Waals surface area (Å²) in [6, 6.07) is 4.06. The van der Waals surface area contributed by atoms with Crippen molar-refractivity contribution in [3.63, 3.8) is 0 Å². The lowest BCUT2D eigenvalue weighted by Crippen LogP contribution is -1.93. The maximum Gasteiger partial charge on any atom is 0.0729 e. The fraction of sp³-hybridized carbons (Fsp3) is 0.444. The summed E-state index contributed by atoms with van der Waals surface area (Å²) in [4.78, 5) is 4.30. The lowest BCUT2D eigenvalue weighted by molar-refractivity contribution is 0.965. The second kappa shape index (κ2) is 3.22. The number of pyridine rings is 1. The summed E-state index contributed by atoms with van der Waals surface area (Å²) in [6.07, 6.45) is 0. The first-order valence-electron chi connectivity index (χ1n) is 3.69. The highest BCUT2D eigenvalue weighted by atomic mass is 35.5. The summed E-state index contributed by atoms with van der Waals surface area (Å²) in [5.74, 6) is 0. The van der Waals surface area contributed by atoms with Crippen molar-refractivity contribution >= 4 is 11.6 Å². The van der Waals surface area contributed by atoms with Gasteiger partial charge in [0.25, 0.3) is 0 Å². The molecule has 0 spiro atoms. The third kappa shape index (κ3) is 2.19. The molecule has 2 heteroatoms. The van der Waals surface area contributed by atoms with Gasteiger partial charge in [-0.15, -0.1) is 11.6 Å². The van der Waals surface area contributed by atoms with Crippen LogP contribution >= 0.6 is 11.6 Å². The van der Waals surface area contributed by atoms with Crippen LogP contribution < -0.4 is 0 Å². The van der Waals surface area contributed by atoms with Crippen molar-refractivity contribution in [3.05, 3.63) is 29.1 Å². The minimum atomic E-state index is 0.00796. The molecule has 11 heavy (non-hydrogen) atoms. The number of alkyl halides is 1. The molecule has 0 fully saturated rings. The van der Waals surface area contributed by atoms with E-state index in [-0.39, 0.29) is 5.38 Å². The molecule has 1 heterocycles. The Kier molecular flexibility index (Phi) is 2.50. The quantitative estimate of drug-likeness (QED) is 0.589. The van der Waals surface area contributed by atoms with Crippen LogP contribution in [0.25, 0.3) is 0 Å². The fourth-order valence-corrected chi connectivity index (χ4v) is 1.19. The minimum absolute atomic E-state index is 0.00796. The summed E-state index contributed by atoms with van der Waals surface area (Å²) in [6.45, 7) is 5.97. The predicted molar refractivity (Wildman–Crippen MR) is 48.0 cm³/mol. The molecule has 0 aliphatic heterocycles. The maximum atomic E-state index is 5.88. The second-order valence-electron chi connectivity index (χ2n) is 2.83. The molecule has 1 rings (SSSR count). The van der Waals surface area contributed by atoms with Gasteiger partial charge in [0, 0.05) is 5.69 Å². The Morgan fingerprint density at radius 2 is 2.00 bits per heavy atom. The summed E-state index contributed by atoms with van der Waals surface area (Å²) in [5, 5.41) is 0.00796. The molecule has 0 radical (unpaired) electrons. The first-order valence-corrected chi connectivity index (χ1v) is 4.12. The van der Waals surface area contributed by atoms with Gasteiger partial charge in [-0.25, -0.2) is 0 Å². The van der Waals surface area contributed by atoms with Crippen molar-refractivity contribution in [2.75, 3.05) is 0 Å². The van der Waals surface area contributed by atoms with Gasteiger partial charge >= 0.3 is 0 Å². The molecule has 1 unspecified atom stereocenters. The summed E-state index contributed by atoms with van der Waals surface area (Å²) >= 11 is 5.88. The minimum Gasteiger partial charge on any atom is -0.257 e. The molecule has 0 aliphatic carbocycles.